The molecule has 177 valence electrons. The number of ether oxygens (including phenoxy) is 2. The summed E-state index contributed by atoms with van der Waals surface area (Å²) in [6.07, 6.45) is 6.78. The highest BCUT2D eigenvalue weighted by Gasteiger charge is 2.18. The van der Waals surface area contributed by atoms with Crippen molar-refractivity contribution in [2.24, 2.45) is 0 Å². The van der Waals surface area contributed by atoms with Crippen molar-refractivity contribution in [3.05, 3.63) is 94.3 Å². The van der Waals surface area contributed by atoms with E-state index in [-0.39, 0.29) is 11.9 Å². The van der Waals surface area contributed by atoms with E-state index >= 15 is 0 Å². The van der Waals surface area contributed by atoms with Crippen LogP contribution in [0, 0.1) is 6.07 Å². The number of likely N-dealkylation sites (tertiary alicyclic amines) is 1. The molecule has 0 aromatic heterocycles. The summed E-state index contributed by atoms with van der Waals surface area (Å²) in [4.78, 5) is 17.1. The van der Waals surface area contributed by atoms with Crippen LogP contribution in [0.4, 0.5) is 5.69 Å². The van der Waals surface area contributed by atoms with Crippen LogP contribution in [0.2, 0.25) is 0 Å². The molecule has 0 saturated carbocycles. The van der Waals surface area contributed by atoms with Crippen LogP contribution in [-0.4, -0.2) is 42.5 Å². The molecule has 3 aromatic rings. The number of phenolic OH excluding ortho intramolecular Hbond substituents is 1. The molecule has 0 amide bonds. The molecule has 0 aliphatic carbocycles. The van der Waals surface area contributed by atoms with Crippen LogP contribution in [0.3, 0.4) is 0 Å². The SMILES string of the molecule is CN1CCC(Oc2cccc(OCc3ccccc3[N+]#Cc3ccc(/C=C/[C]=O)cc3O)c2)CC1. The standard InChI is InChI=1S/C29H27N2O4/c1-31-15-13-25(14-16-31)35-27-9-4-8-26(19-27)34-21-24-7-2-3-10-28(24)30-20-23-12-11-22(6-5-17-32)18-29(23)33/h2-12,18-19,25H,13-16,21H2,1H3/p+1/b6-5+. The van der Waals surface area contributed by atoms with Crippen LogP contribution in [-0.2, 0) is 11.4 Å². The van der Waals surface area contributed by atoms with Crippen molar-refractivity contribution in [3.8, 4) is 23.3 Å². The zero-order chi connectivity index (χ0) is 24.5. The number of para-hydroxylation sites is 1. The van der Waals surface area contributed by atoms with Gasteiger partial charge in [-0.15, -0.1) is 0 Å². The second-order valence-corrected chi connectivity index (χ2v) is 8.46. The van der Waals surface area contributed by atoms with E-state index in [9.17, 15) is 9.90 Å². The summed E-state index contributed by atoms with van der Waals surface area (Å²) in [6, 6.07) is 23.3. The topological polar surface area (TPSA) is 63.4 Å². The second-order valence-electron chi connectivity index (χ2n) is 8.46. The van der Waals surface area contributed by atoms with Crippen molar-refractivity contribution in [1.82, 2.24) is 4.90 Å². The van der Waals surface area contributed by atoms with Gasteiger partial charge in [-0.1, -0.05) is 30.3 Å². The fraction of sp³-hybridized carbons (Fsp3) is 0.241. The number of allylic oxidation sites excluding steroid dienone is 1. The first-order valence-electron chi connectivity index (χ1n) is 11.6. The van der Waals surface area contributed by atoms with Gasteiger partial charge in [0.1, 0.15) is 35.5 Å². The van der Waals surface area contributed by atoms with Gasteiger partial charge in [0.2, 0.25) is 6.29 Å². The maximum atomic E-state index is 10.4. The molecule has 1 aliphatic rings. The predicted octanol–water partition coefficient (Wildman–Crippen LogP) is 5.58. The third-order valence-corrected chi connectivity index (χ3v) is 5.82. The number of carbonyl (C=O) groups excluding carboxylic acids is 1. The maximum Gasteiger partial charge on any atom is 0.347 e. The molecule has 0 atom stereocenters. The molecular formula is C29H28N2O4+. The Bertz CT molecular complexity index is 1250. The molecule has 6 nitrogen and oxygen atoms in total. The van der Waals surface area contributed by atoms with Crippen LogP contribution in [0.5, 0.6) is 17.2 Å². The van der Waals surface area contributed by atoms with Crippen molar-refractivity contribution in [2.45, 2.75) is 25.6 Å². The van der Waals surface area contributed by atoms with Crippen LogP contribution >= 0.6 is 0 Å². The Balaban J connectivity index is 1.42. The van der Waals surface area contributed by atoms with Crippen molar-refractivity contribution >= 4 is 18.0 Å². The number of nitrogens with zero attached hydrogens (tertiary/aromatic N) is 2. The maximum absolute atomic E-state index is 10.4. The van der Waals surface area contributed by atoms with Gasteiger partial charge in [-0.25, -0.2) is 0 Å². The number of hydrogen-bond donors (Lipinski definition) is 1. The summed E-state index contributed by atoms with van der Waals surface area (Å²) in [5.41, 5.74) is 2.73. The molecule has 3 aromatic carbocycles. The third kappa shape index (κ3) is 6.95. The van der Waals surface area contributed by atoms with Crippen molar-refractivity contribution < 1.29 is 19.4 Å². The largest absolute Gasteiger partial charge is 0.506 e. The lowest BCUT2D eigenvalue weighted by Crippen LogP contribution is -2.35. The molecule has 4 rings (SSSR count). The molecule has 0 bridgehead atoms. The van der Waals surface area contributed by atoms with E-state index in [0.29, 0.717) is 23.4 Å². The molecule has 35 heavy (non-hydrogen) atoms. The number of benzene rings is 3. The first-order chi connectivity index (χ1) is 17.1. The van der Waals surface area contributed by atoms with Crippen molar-refractivity contribution in [3.63, 3.8) is 0 Å². The minimum Gasteiger partial charge on any atom is -0.506 e. The lowest BCUT2D eigenvalue weighted by Gasteiger charge is -2.29. The van der Waals surface area contributed by atoms with Crippen molar-refractivity contribution in [1.29, 1.82) is 0 Å². The van der Waals surface area contributed by atoms with E-state index in [0.717, 1.165) is 43.0 Å². The molecule has 1 radical (unpaired) electrons. The Kier molecular flexibility index (Phi) is 8.16. The fourth-order valence-electron chi connectivity index (χ4n) is 3.83. The highest BCUT2D eigenvalue weighted by Crippen LogP contribution is 2.26. The van der Waals surface area contributed by atoms with Gasteiger partial charge in [0.05, 0.1) is 5.56 Å². The van der Waals surface area contributed by atoms with Crippen LogP contribution < -0.4 is 9.47 Å². The molecule has 0 spiro atoms. The summed E-state index contributed by atoms with van der Waals surface area (Å²) in [7, 11) is 2.14. The van der Waals surface area contributed by atoms with E-state index in [1.165, 1.54) is 6.08 Å². The molecule has 1 heterocycles. The van der Waals surface area contributed by atoms with E-state index < -0.39 is 0 Å². The summed E-state index contributed by atoms with van der Waals surface area (Å²) in [5, 5.41) is 10.3. The Labute approximate surface area is 205 Å². The lowest BCUT2D eigenvalue weighted by molar-refractivity contribution is 0.114. The van der Waals surface area contributed by atoms with Gasteiger partial charge in [-0.05, 0) is 66.7 Å². The fourth-order valence-corrected chi connectivity index (χ4v) is 3.83. The molecule has 1 saturated heterocycles. The van der Waals surface area contributed by atoms with Crippen LogP contribution in [0.1, 0.15) is 29.5 Å². The lowest BCUT2D eigenvalue weighted by atomic mass is 10.1. The molecule has 0 unspecified atom stereocenters. The summed E-state index contributed by atoms with van der Waals surface area (Å²) >= 11 is 0. The zero-order valence-electron chi connectivity index (χ0n) is 19.7. The highest BCUT2D eigenvalue weighted by molar-refractivity contribution is 5.75. The second kappa shape index (κ2) is 11.9. The van der Waals surface area contributed by atoms with Crippen molar-refractivity contribution in [2.75, 3.05) is 20.1 Å². The third-order valence-electron chi connectivity index (χ3n) is 5.82. The molecule has 1 fully saturated rings. The number of rotatable bonds is 7. The van der Waals surface area contributed by atoms with E-state index in [4.69, 9.17) is 9.47 Å². The minimum atomic E-state index is 0.0250. The molecular weight excluding hydrogens is 440 g/mol. The Morgan fingerprint density at radius 3 is 2.66 bits per heavy atom. The van der Waals surface area contributed by atoms with E-state index in [2.05, 4.69) is 22.9 Å². The number of hydrogen-bond acceptors (Lipinski definition) is 5. The quantitative estimate of drug-likeness (QED) is 0.459. The number of phenols is 1. The monoisotopic (exact) mass is 468 g/mol. The average molecular weight is 469 g/mol. The number of piperidine rings is 1. The van der Waals surface area contributed by atoms with Gasteiger partial charge in [0.15, 0.2) is 0 Å². The Morgan fingerprint density at radius 2 is 1.86 bits per heavy atom. The first kappa shape index (κ1) is 24.1. The molecule has 1 aliphatic heterocycles. The average Bonchev–Trinajstić information content (AvgIpc) is 2.88. The Morgan fingerprint density at radius 1 is 1.06 bits per heavy atom. The molecule has 6 heteroatoms. The van der Waals surface area contributed by atoms with Gasteiger partial charge >= 0.3 is 11.8 Å². The predicted molar refractivity (Wildman–Crippen MR) is 137 cm³/mol. The van der Waals surface area contributed by atoms with E-state index in [1.807, 2.05) is 48.5 Å². The minimum absolute atomic E-state index is 0.0250. The van der Waals surface area contributed by atoms with Crippen LogP contribution in [0.15, 0.2) is 72.8 Å². The van der Waals surface area contributed by atoms with E-state index in [1.54, 1.807) is 30.6 Å². The van der Waals surface area contributed by atoms with Crippen LogP contribution in [0.25, 0.3) is 10.9 Å². The summed E-state index contributed by atoms with van der Waals surface area (Å²) < 4.78 is 12.2. The van der Waals surface area contributed by atoms with Gasteiger partial charge in [0, 0.05) is 25.2 Å². The smallest absolute Gasteiger partial charge is 0.347 e. The van der Waals surface area contributed by atoms with Gasteiger partial charge in [0.25, 0.3) is 0 Å². The van der Waals surface area contributed by atoms with Gasteiger partial charge in [-0.2, -0.15) is 0 Å². The zero-order valence-corrected chi connectivity index (χ0v) is 19.7. The number of aromatic hydroxyl groups is 1. The summed E-state index contributed by atoms with van der Waals surface area (Å²) in [5.74, 6) is 1.57. The Hall–Kier alpha value is -4.08. The van der Waals surface area contributed by atoms with Gasteiger partial charge < -0.3 is 19.5 Å². The molecule has 1 N–H and O–H groups in total. The van der Waals surface area contributed by atoms with Gasteiger partial charge in [-0.3, -0.25) is 4.79 Å². The summed E-state index contributed by atoms with van der Waals surface area (Å²) in [6.45, 7) is 2.43. The normalized spacial score (nSPS) is 14.3. The first-order valence-corrected chi connectivity index (χ1v) is 11.6. The highest BCUT2D eigenvalue weighted by atomic mass is 16.5.